The minimum absolute atomic E-state index is 0.0792. The molecule has 1 fully saturated rings. The normalized spacial score (nSPS) is 14.8. The van der Waals surface area contributed by atoms with Crippen molar-refractivity contribution in [1.29, 1.82) is 0 Å². The van der Waals surface area contributed by atoms with Gasteiger partial charge in [0, 0.05) is 28.4 Å². The van der Waals surface area contributed by atoms with Crippen molar-refractivity contribution in [2.45, 2.75) is 70.8 Å². The van der Waals surface area contributed by atoms with Crippen molar-refractivity contribution in [3.8, 4) is 0 Å². The van der Waals surface area contributed by atoms with E-state index in [1.807, 2.05) is 6.07 Å². The molecule has 3 rings (SSSR count). The zero-order chi connectivity index (χ0) is 24.0. The standard InChI is InChI=1S/C26H32Cl2N2O2S/c1-17-10-18(2)12-20(11-17)15-33-16-25(31)30(14-21-8-9-22(27)13-24(21)28)19(3)26(32)29-23-6-4-5-7-23/h8-13,19,23H,4-7,14-16H2,1-3H3,(H,29,32)/t19-/m0/s1. The van der Waals surface area contributed by atoms with Crippen LogP contribution in [-0.2, 0) is 21.9 Å². The van der Waals surface area contributed by atoms with E-state index < -0.39 is 6.04 Å². The molecule has 0 aromatic heterocycles. The molecule has 178 valence electrons. The summed E-state index contributed by atoms with van der Waals surface area (Å²) in [5.74, 6) is 0.843. The number of halogens is 2. The van der Waals surface area contributed by atoms with Gasteiger partial charge in [0.2, 0.25) is 11.8 Å². The summed E-state index contributed by atoms with van der Waals surface area (Å²) in [6.45, 7) is 6.21. The molecule has 2 amide bonds. The van der Waals surface area contributed by atoms with E-state index in [2.05, 4.69) is 37.4 Å². The molecular weight excluding hydrogens is 475 g/mol. The number of carbonyl (C=O) groups excluding carboxylic acids is 2. The fourth-order valence-electron chi connectivity index (χ4n) is 4.30. The molecule has 2 aromatic rings. The Hall–Kier alpha value is -1.69. The van der Waals surface area contributed by atoms with Crippen LogP contribution in [-0.4, -0.2) is 34.6 Å². The van der Waals surface area contributed by atoms with E-state index in [0.29, 0.717) is 15.8 Å². The van der Waals surface area contributed by atoms with Crippen LogP contribution in [0.4, 0.5) is 0 Å². The van der Waals surface area contributed by atoms with E-state index in [-0.39, 0.29) is 24.4 Å². The van der Waals surface area contributed by atoms with Crippen LogP contribution in [0.1, 0.15) is 54.9 Å². The maximum absolute atomic E-state index is 13.3. The van der Waals surface area contributed by atoms with Crippen molar-refractivity contribution < 1.29 is 9.59 Å². The molecule has 1 atom stereocenters. The quantitative estimate of drug-likeness (QED) is 0.432. The Labute approximate surface area is 211 Å². The summed E-state index contributed by atoms with van der Waals surface area (Å²) in [5, 5.41) is 4.16. The fourth-order valence-corrected chi connectivity index (χ4v) is 5.61. The second-order valence-corrected chi connectivity index (χ2v) is 10.7. The van der Waals surface area contributed by atoms with Crippen LogP contribution in [0.15, 0.2) is 36.4 Å². The Kier molecular flexibility index (Phi) is 9.54. The maximum atomic E-state index is 13.3. The van der Waals surface area contributed by atoms with Gasteiger partial charge in [0.1, 0.15) is 6.04 Å². The van der Waals surface area contributed by atoms with Crippen molar-refractivity contribution in [3.63, 3.8) is 0 Å². The molecule has 0 radical (unpaired) electrons. The Morgan fingerprint density at radius 3 is 2.39 bits per heavy atom. The number of thioether (sulfide) groups is 1. The number of rotatable bonds is 9. The number of benzene rings is 2. The highest BCUT2D eigenvalue weighted by atomic mass is 35.5. The summed E-state index contributed by atoms with van der Waals surface area (Å²) in [5.41, 5.74) is 4.40. The first kappa shape index (κ1) is 25.9. The molecule has 4 nitrogen and oxygen atoms in total. The Morgan fingerprint density at radius 2 is 1.76 bits per heavy atom. The largest absolute Gasteiger partial charge is 0.352 e. The first-order chi connectivity index (χ1) is 15.7. The highest BCUT2D eigenvalue weighted by Gasteiger charge is 2.28. The molecule has 0 aliphatic heterocycles. The Balaban J connectivity index is 1.69. The van der Waals surface area contributed by atoms with Crippen LogP contribution >= 0.6 is 35.0 Å². The summed E-state index contributed by atoms with van der Waals surface area (Å²) >= 11 is 14.0. The number of nitrogens with zero attached hydrogens (tertiary/aromatic N) is 1. The lowest BCUT2D eigenvalue weighted by Gasteiger charge is -2.30. The zero-order valence-corrected chi connectivity index (χ0v) is 21.8. The van der Waals surface area contributed by atoms with E-state index in [1.165, 1.54) is 16.7 Å². The Bertz CT molecular complexity index is 972. The van der Waals surface area contributed by atoms with Crippen LogP contribution in [0.5, 0.6) is 0 Å². The van der Waals surface area contributed by atoms with E-state index in [0.717, 1.165) is 37.0 Å². The predicted molar refractivity (Wildman–Crippen MR) is 139 cm³/mol. The van der Waals surface area contributed by atoms with Crippen LogP contribution in [0.3, 0.4) is 0 Å². The van der Waals surface area contributed by atoms with Gasteiger partial charge in [0.15, 0.2) is 0 Å². The summed E-state index contributed by atoms with van der Waals surface area (Å²) in [6, 6.07) is 11.3. The van der Waals surface area contributed by atoms with Crippen molar-refractivity contribution >= 4 is 46.8 Å². The van der Waals surface area contributed by atoms with Gasteiger partial charge in [-0.2, -0.15) is 0 Å². The molecule has 1 saturated carbocycles. The van der Waals surface area contributed by atoms with Gasteiger partial charge in [-0.05, 0) is 56.9 Å². The van der Waals surface area contributed by atoms with Gasteiger partial charge >= 0.3 is 0 Å². The van der Waals surface area contributed by atoms with Crippen LogP contribution in [0.25, 0.3) is 0 Å². The van der Waals surface area contributed by atoms with Crippen molar-refractivity contribution in [2.24, 2.45) is 0 Å². The SMILES string of the molecule is Cc1cc(C)cc(CSCC(=O)N(Cc2ccc(Cl)cc2Cl)[C@@H](C)C(=O)NC2CCCC2)c1. The third-order valence-corrected chi connectivity index (χ3v) is 7.58. The van der Waals surface area contributed by atoms with Gasteiger partial charge in [-0.1, -0.05) is 71.4 Å². The lowest BCUT2D eigenvalue weighted by molar-refractivity contribution is -0.138. The smallest absolute Gasteiger partial charge is 0.242 e. The molecule has 7 heteroatoms. The second kappa shape index (κ2) is 12.1. The molecule has 1 aliphatic rings. The number of nitrogens with one attached hydrogen (secondary N) is 1. The van der Waals surface area contributed by atoms with Crippen LogP contribution in [0.2, 0.25) is 10.0 Å². The van der Waals surface area contributed by atoms with E-state index >= 15 is 0 Å². The van der Waals surface area contributed by atoms with Gasteiger partial charge in [-0.3, -0.25) is 9.59 Å². The summed E-state index contributed by atoms with van der Waals surface area (Å²) in [4.78, 5) is 27.9. The third-order valence-electron chi connectivity index (χ3n) is 6.00. The summed E-state index contributed by atoms with van der Waals surface area (Å²) < 4.78 is 0. The van der Waals surface area contributed by atoms with E-state index in [4.69, 9.17) is 23.2 Å². The molecule has 0 heterocycles. The number of carbonyl (C=O) groups is 2. The lowest BCUT2D eigenvalue weighted by atomic mass is 10.1. The first-order valence-electron chi connectivity index (χ1n) is 11.4. The fraction of sp³-hybridized carbons (Fsp3) is 0.462. The van der Waals surface area contributed by atoms with Gasteiger partial charge in [0.25, 0.3) is 0 Å². The molecule has 0 unspecified atom stereocenters. The van der Waals surface area contributed by atoms with Gasteiger partial charge in [-0.15, -0.1) is 11.8 Å². The number of hydrogen-bond acceptors (Lipinski definition) is 3. The molecule has 1 aliphatic carbocycles. The number of aryl methyl sites for hydroxylation is 2. The average molecular weight is 508 g/mol. The second-order valence-electron chi connectivity index (χ2n) is 8.91. The molecule has 2 aromatic carbocycles. The molecule has 0 bridgehead atoms. The summed E-state index contributed by atoms with van der Waals surface area (Å²) in [6.07, 6.45) is 4.28. The van der Waals surface area contributed by atoms with E-state index in [1.54, 1.807) is 35.7 Å². The molecule has 0 saturated heterocycles. The maximum Gasteiger partial charge on any atom is 0.242 e. The zero-order valence-electron chi connectivity index (χ0n) is 19.5. The minimum Gasteiger partial charge on any atom is -0.352 e. The van der Waals surface area contributed by atoms with E-state index in [9.17, 15) is 9.59 Å². The van der Waals surface area contributed by atoms with Crippen molar-refractivity contribution in [2.75, 3.05) is 5.75 Å². The topological polar surface area (TPSA) is 49.4 Å². The van der Waals surface area contributed by atoms with Crippen LogP contribution in [0, 0.1) is 13.8 Å². The van der Waals surface area contributed by atoms with Gasteiger partial charge in [0.05, 0.1) is 5.75 Å². The van der Waals surface area contributed by atoms with Crippen molar-refractivity contribution in [1.82, 2.24) is 10.2 Å². The van der Waals surface area contributed by atoms with Gasteiger partial charge < -0.3 is 10.2 Å². The molecule has 33 heavy (non-hydrogen) atoms. The molecular formula is C26H32Cl2N2O2S. The number of hydrogen-bond donors (Lipinski definition) is 1. The molecule has 0 spiro atoms. The summed E-state index contributed by atoms with van der Waals surface area (Å²) in [7, 11) is 0. The van der Waals surface area contributed by atoms with Gasteiger partial charge in [-0.25, -0.2) is 0 Å². The minimum atomic E-state index is -0.591. The number of amides is 2. The first-order valence-corrected chi connectivity index (χ1v) is 13.3. The van der Waals surface area contributed by atoms with Crippen molar-refractivity contribution in [3.05, 3.63) is 68.7 Å². The average Bonchev–Trinajstić information content (AvgIpc) is 3.25. The highest BCUT2D eigenvalue weighted by molar-refractivity contribution is 7.99. The third kappa shape index (κ3) is 7.66. The lowest BCUT2D eigenvalue weighted by Crippen LogP contribution is -2.50. The molecule has 1 N–H and O–H groups in total. The Morgan fingerprint density at radius 1 is 1.09 bits per heavy atom. The highest BCUT2D eigenvalue weighted by Crippen LogP contribution is 2.25. The monoisotopic (exact) mass is 506 g/mol. The van der Waals surface area contributed by atoms with Crippen LogP contribution < -0.4 is 5.32 Å². The predicted octanol–water partition coefficient (Wildman–Crippen LogP) is 6.32.